The second-order valence-electron chi connectivity index (χ2n) is 7.96. The number of nitro groups is 1. The van der Waals surface area contributed by atoms with E-state index in [9.17, 15) is 19.7 Å². The summed E-state index contributed by atoms with van der Waals surface area (Å²) in [4.78, 5) is 38.5. The lowest BCUT2D eigenvalue weighted by atomic mass is 9.82. The van der Waals surface area contributed by atoms with Crippen LogP contribution in [0.3, 0.4) is 0 Å². The predicted octanol–water partition coefficient (Wildman–Crippen LogP) is 0.978. The molecular weight excluding hydrogens is 402 g/mol. The molecule has 11 nitrogen and oxygen atoms in total. The molecule has 31 heavy (non-hydrogen) atoms. The van der Waals surface area contributed by atoms with E-state index < -0.39 is 22.2 Å². The van der Waals surface area contributed by atoms with Gasteiger partial charge < -0.3 is 9.47 Å². The zero-order valence-corrected chi connectivity index (χ0v) is 16.4. The lowest BCUT2D eigenvalue weighted by Gasteiger charge is -2.43. The molecule has 1 aromatic carbocycles. The molecule has 0 aliphatic carbocycles. The highest BCUT2D eigenvalue weighted by Gasteiger charge is 2.40. The Balaban J connectivity index is 1.47. The average molecular weight is 421 g/mol. The van der Waals surface area contributed by atoms with Crippen LogP contribution in [0.15, 0.2) is 53.6 Å². The van der Waals surface area contributed by atoms with Crippen LogP contribution in [0, 0.1) is 16.0 Å². The fourth-order valence-electron chi connectivity index (χ4n) is 4.76. The second-order valence-corrected chi connectivity index (χ2v) is 7.96. The summed E-state index contributed by atoms with van der Waals surface area (Å²) in [5.74, 6) is -0.138. The smallest absolute Gasteiger partial charge is 0.334 e. The van der Waals surface area contributed by atoms with Gasteiger partial charge in [-0.2, -0.15) is 0 Å². The van der Waals surface area contributed by atoms with Crippen LogP contribution in [0.5, 0.6) is 0 Å². The van der Waals surface area contributed by atoms with Crippen LogP contribution in [0.2, 0.25) is 0 Å². The highest BCUT2D eigenvalue weighted by Crippen LogP contribution is 2.36. The normalized spacial score (nSPS) is 20.7. The van der Waals surface area contributed by atoms with Crippen LogP contribution in [0.1, 0.15) is 29.6 Å². The van der Waals surface area contributed by atoms with Crippen molar-refractivity contribution in [3.05, 3.63) is 80.5 Å². The fraction of sp³-hybridized carbons (Fsp3) is 0.350. The molecule has 5 rings (SSSR count). The Morgan fingerprint density at radius 1 is 1.13 bits per heavy atom. The Bertz CT molecular complexity index is 1190. The molecule has 3 atom stereocenters. The van der Waals surface area contributed by atoms with E-state index in [1.54, 1.807) is 11.0 Å². The van der Waals surface area contributed by atoms with E-state index in [0.717, 1.165) is 17.7 Å². The first-order valence-corrected chi connectivity index (χ1v) is 9.97. The second kappa shape index (κ2) is 7.42. The van der Waals surface area contributed by atoms with Crippen molar-refractivity contribution in [3.63, 3.8) is 0 Å². The van der Waals surface area contributed by atoms with Crippen LogP contribution >= 0.6 is 0 Å². The first-order valence-electron chi connectivity index (χ1n) is 9.97. The number of pyridine rings is 1. The fourth-order valence-corrected chi connectivity index (χ4v) is 4.76. The number of carbonyl (C=O) groups is 1. The average Bonchev–Trinajstić information content (AvgIpc) is 3.29. The summed E-state index contributed by atoms with van der Waals surface area (Å²) in [6.07, 6.45) is 2.26. The van der Waals surface area contributed by atoms with E-state index >= 15 is 0 Å². The minimum absolute atomic E-state index is 0.0419. The molecule has 0 radical (unpaired) electrons. The maximum atomic E-state index is 13.6. The zero-order chi connectivity index (χ0) is 21.5. The summed E-state index contributed by atoms with van der Waals surface area (Å²) >= 11 is 0. The number of nitrogens with zero attached hydrogens (tertiary/aromatic N) is 7. The zero-order valence-electron chi connectivity index (χ0n) is 16.4. The van der Waals surface area contributed by atoms with Crippen molar-refractivity contribution in [2.24, 2.45) is 5.92 Å². The number of benzene rings is 1. The van der Waals surface area contributed by atoms with Crippen molar-refractivity contribution in [3.8, 4) is 0 Å². The molecule has 1 saturated heterocycles. The van der Waals surface area contributed by atoms with Gasteiger partial charge in [0, 0.05) is 37.3 Å². The molecule has 0 N–H and O–H groups in total. The van der Waals surface area contributed by atoms with Gasteiger partial charge >= 0.3 is 11.2 Å². The van der Waals surface area contributed by atoms with E-state index in [1.807, 2.05) is 30.3 Å². The minimum Gasteiger partial charge on any atom is -0.340 e. The molecule has 0 saturated carbocycles. The standard InChI is InChI=1S/C20H19N7O4/c28-19-17(27(30)31)7-6-16-15-8-13(10-25(16)19)9-24(11-15)20(29)18(26-12-21-22-23-26)14-4-2-1-3-5-14/h1-7,12-13,15,18H,8-11H2/t13-,15+,18+/m0/s1. The van der Waals surface area contributed by atoms with Gasteiger partial charge in [0.1, 0.15) is 6.33 Å². The summed E-state index contributed by atoms with van der Waals surface area (Å²) < 4.78 is 2.96. The molecule has 158 valence electrons. The third-order valence-corrected chi connectivity index (χ3v) is 6.07. The number of amides is 1. The van der Waals surface area contributed by atoms with Crippen LogP contribution in [0.25, 0.3) is 0 Å². The number of rotatable bonds is 4. The molecule has 2 bridgehead atoms. The van der Waals surface area contributed by atoms with Gasteiger partial charge in [0.15, 0.2) is 6.04 Å². The van der Waals surface area contributed by atoms with E-state index in [0.29, 0.717) is 19.6 Å². The Labute approximate surface area is 176 Å². The Morgan fingerprint density at radius 2 is 1.94 bits per heavy atom. The van der Waals surface area contributed by atoms with Crippen molar-refractivity contribution in [2.45, 2.75) is 24.9 Å². The summed E-state index contributed by atoms with van der Waals surface area (Å²) in [7, 11) is 0. The van der Waals surface area contributed by atoms with Gasteiger partial charge in [0.05, 0.1) is 4.92 Å². The number of carbonyl (C=O) groups excluding carboxylic acids is 1. The third-order valence-electron chi connectivity index (χ3n) is 6.07. The van der Waals surface area contributed by atoms with Crippen LogP contribution in [-0.2, 0) is 11.3 Å². The quantitative estimate of drug-likeness (QED) is 0.453. The highest BCUT2D eigenvalue weighted by atomic mass is 16.6. The van der Waals surface area contributed by atoms with Crippen molar-refractivity contribution in [1.82, 2.24) is 29.7 Å². The minimum atomic E-state index is -0.686. The van der Waals surface area contributed by atoms with Gasteiger partial charge in [-0.1, -0.05) is 30.3 Å². The molecule has 0 spiro atoms. The molecular formula is C20H19N7O4. The van der Waals surface area contributed by atoms with Gasteiger partial charge in [0.25, 0.3) is 5.91 Å². The number of tetrazole rings is 1. The molecule has 1 amide bonds. The molecule has 2 aliphatic rings. The topological polar surface area (TPSA) is 129 Å². The molecule has 2 aromatic heterocycles. The van der Waals surface area contributed by atoms with E-state index in [2.05, 4.69) is 15.5 Å². The van der Waals surface area contributed by atoms with Gasteiger partial charge in [-0.15, -0.1) is 5.10 Å². The molecule has 1 fully saturated rings. The molecule has 11 heteroatoms. The van der Waals surface area contributed by atoms with Crippen molar-refractivity contribution in [2.75, 3.05) is 13.1 Å². The Kier molecular flexibility index (Phi) is 4.57. The maximum absolute atomic E-state index is 13.6. The highest BCUT2D eigenvalue weighted by molar-refractivity contribution is 5.83. The lowest BCUT2D eigenvalue weighted by Crippen LogP contribution is -2.51. The van der Waals surface area contributed by atoms with Gasteiger partial charge in [0.2, 0.25) is 0 Å². The van der Waals surface area contributed by atoms with Crippen molar-refractivity contribution < 1.29 is 9.72 Å². The number of aromatic nitrogens is 5. The maximum Gasteiger partial charge on any atom is 0.334 e. The Hall–Kier alpha value is -3.89. The van der Waals surface area contributed by atoms with Crippen LogP contribution in [-0.4, -0.2) is 53.6 Å². The van der Waals surface area contributed by atoms with Gasteiger partial charge in [-0.05, 0) is 34.4 Å². The lowest BCUT2D eigenvalue weighted by molar-refractivity contribution is -0.386. The van der Waals surface area contributed by atoms with Gasteiger partial charge in [-0.25, -0.2) is 4.68 Å². The summed E-state index contributed by atoms with van der Waals surface area (Å²) in [6, 6.07) is 11.6. The summed E-state index contributed by atoms with van der Waals surface area (Å²) in [6.45, 7) is 1.25. The van der Waals surface area contributed by atoms with Crippen molar-refractivity contribution >= 4 is 11.6 Å². The van der Waals surface area contributed by atoms with E-state index in [1.165, 1.54) is 21.6 Å². The predicted molar refractivity (Wildman–Crippen MR) is 107 cm³/mol. The number of likely N-dealkylation sites (tertiary alicyclic amines) is 1. The SMILES string of the molecule is O=C([C@@H](c1ccccc1)n1cnnn1)N1C[C@@H]2C[C@H](C1)c1ccc([N+](=O)[O-])c(=O)n1C2. The molecule has 0 unspecified atom stereocenters. The monoisotopic (exact) mass is 421 g/mol. The van der Waals surface area contributed by atoms with Crippen LogP contribution in [0.4, 0.5) is 5.69 Å². The first-order chi connectivity index (χ1) is 15.0. The van der Waals surface area contributed by atoms with Crippen molar-refractivity contribution in [1.29, 1.82) is 0 Å². The van der Waals surface area contributed by atoms with E-state index in [4.69, 9.17) is 0 Å². The first kappa shape index (κ1) is 19.1. The van der Waals surface area contributed by atoms with Gasteiger partial charge in [-0.3, -0.25) is 19.7 Å². The largest absolute Gasteiger partial charge is 0.340 e. The van der Waals surface area contributed by atoms with E-state index in [-0.39, 0.29) is 17.7 Å². The number of hydrogen-bond donors (Lipinski definition) is 0. The molecule has 4 heterocycles. The third kappa shape index (κ3) is 3.27. The number of hydrogen-bond acceptors (Lipinski definition) is 7. The summed E-state index contributed by atoms with van der Waals surface area (Å²) in [5, 5.41) is 22.5. The van der Waals surface area contributed by atoms with Crippen LogP contribution < -0.4 is 5.56 Å². The summed E-state index contributed by atoms with van der Waals surface area (Å²) in [5.41, 5.74) is 0.526. The Morgan fingerprint density at radius 3 is 2.65 bits per heavy atom. The molecule has 3 aromatic rings. The molecule has 2 aliphatic heterocycles. The number of fused-ring (bicyclic) bond motifs is 4. The number of piperidine rings is 1.